The Morgan fingerprint density at radius 1 is 1.38 bits per heavy atom. The zero-order chi connectivity index (χ0) is 11.9. The first-order chi connectivity index (χ1) is 7.48. The summed E-state index contributed by atoms with van der Waals surface area (Å²) < 4.78 is 0. The van der Waals surface area contributed by atoms with Gasteiger partial charge in [-0.2, -0.15) is 0 Å². The van der Waals surface area contributed by atoms with Crippen LogP contribution in [0, 0.1) is 6.92 Å². The summed E-state index contributed by atoms with van der Waals surface area (Å²) in [6, 6.07) is 6.01. The van der Waals surface area contributed by atoms with Gasteiger partial charge in [-0.15, -0.1) is 0 Å². The zero-order valence-corrected chi connectivity index (χ0v) is 10.3. The van der Waals surface area contributed by atoms with Crippen LogP contribution in [-0.2, 0) is 4.79 Å². The number of amides is 1. The van der Waals surface area contributed by atoms with Gasteiger partial charge >= 0.3 is 0 Å². The van der Waals surface area contributed by atoms with E-state index in [1.54, 1.807) is 0 Å². The summed E-state index contributed by atoms with van der Waals surface area (Å²) in [4.78, 5) is 14.2. The van der Waals surface area contributed by atoms with Crippen LogP contribution in [0.1, 0.15) is 26.3 Å². The predicted octanol–water partition coefficient (Wildman–Crippen LogP) is 2.55. The SMILES string of the molecule is CCN1c2c(C)cccc2NC(=O)C1(C)C. The lowest BCUT2D eigenvalue weighted by Crippen LogP contribution is -2.56. The molecule has 1 aromatic carbocycles. The Morgan fingerprint density at radius 3 is 2.69 bits per heavy atom. The summed E-state index contributed by atoms with van der Waals surface area (Å²) in [5, 5.41) is 2.97. The molecule has 1 amide bonds. The highest BCUT2D eigenvalue weighted by molar-refractivity contribution is 6.06. The topological polar surface area (TPSA) is 32.3 Å². The molecule has 0 fully saturated rings. The predicted molar refractivity (Wildman–Crippen MR) is 66.9 cm³/mol. The first-order valence-corrected chi connectivity index (χ1v) is 5.67. The number of nitrogens with zero attached hydrogens (tertiary/aromatic N) is 1. The maximum Gasteiger partial charge on any atom is 0.249 e. The Kier molecular flexibility index (Phi) is 2.41. The second kappa shape index (κ2) is 3.51. The zero-order valence-electron chi connectivity index (χ0n) is 10.3. The fourth-order valence-corrected chi connectivity index (χ4v) is 2.35. The lowest BCUT2D eigenvalue weighted by Gasteiger charge is -2.44. The molecule has 0 atom stereocenters. The van der Waals surface area contributed by atoms with Crippen molar-refractivity contribution in [1.29, 1.82) is 0 Å². The third-order valence-electron chi connectivity index (χ3n) is 3.30. The van der Waals surface area contributed by atoms with Gasteiger partial charge in [-0.3, -0.25) is 4.79 Å². The van der Waals surface area contributed by atoms with Gasteiger partial charge in [0, 0.05) is 6.54 Å². The third-order valence-corrected chi connectivity index (χ3v) is 3.30. The molecule has 0 radical (unpaired) electrons. The minimum absolute atomic E-state index is 0.0625. The van der Waals surface area contributed by atoms with Gasteiger partial charge in [-0.05, 0) is 39.3 Å². The Bertz CT molecular complexity index is 438. The fourth-order valence-electron chi connectivity index (χ4n) is 2.35. The maximum absolute atomic E-state index is 12.0. The maximum atomic E-state index is 12.0. The monoisotopic (exact) mass is 218 g/mol. The van der Waals surface area contributed by atoms with Gasteiger partial charge in [0.15, 0.2) is 0 Å². The summed E-state index contributed by atoms with van der Waals surface area (Å²) in [5.41, 5.74) is 2.79. The van der Waals surface area contributed by atoms with Crippen molar-refractivity contribution in [1.82, 2.24) is 0 Å². The molecule has 2 rings (SSSR count). The number of carbonyl (C=O) groups is 1. The Hall–Kier alpha value is -1.51. The van der Waals surface area contributed by atoms with Crippen LogP contribution in [-0.4, -0.2) is 18.0 Å². The van der Waals surface area contributed by atoms with Gasteiger partial charge in [0.25, 0.3) is 0 Å². The minimum atomic E-state index is -0.478. The van der Waals surface area contributed by atoms with Crippen LogP contribution in [0.4, 0.5) is 11.4 Å². The molecular formula is C13H18N2O. The van der Waals surface area contributed by atoms with Crippen LogP contribution in [0.2, 0.25) is 0 Å². The minimum Gasteiger partial charge on any atom is -0.356 e. The Balaban J connectivity index is 2.63. The molecule has 1 N–H and O–H groups in total. The number of benzene rings is 1. The quantitative estimate of drug-likeness (QED) is 0.785. The van der Waals surface area contributed by atoms with Crippen molar-refractivity contribution in [3.63, 3.8) is 0 Å². The molecule has 86 valence electrons. The fraction of sp³-hybridized carbons (Fsp3) is 0.462. The summed E-state index contributed by atoms with van der Waals surface area (Å²) in [6.07, 6.45) is 0. The van der Waals surface area contributed by atoms with E-state index in [1.807, 2.05) is 26.0 Å². The molecule has 16 heavy (non-hydrogen) atoms. The van der Waals surface area contributed by atoms with Crippen LogP contribution in [0.15, 0.2) is 18.2 Å². The van der Waals surface area contributed by atoms with Crippen LogP contribution < -0.4 is 10.2 Å². The molecule has 0 aromatic heterocycles. The molecule has 1 aliphatic heterocycles. The van der Waals surface area contributed by atoms with Crippen molar-refractivity contribution in [2.75, 3.05) is 16.8 Å². The highest BCUT2D eigenvalue weighted by Gasteiger charge is 2.39. The number of aryl methyl sites for hydroxylation is 1. The normalized spacial score (nSPS) is 18.0. The molecule has 3 nitrogen and oxygen atoms in total. The summed E-state index contributed by atoms with van der Waals surface area (Å²) in [6.45, 7) is 8.91. The largest absolute Gasteiger partial charge is 0.356 e. The Morgan fingerprint density at radius 2 is 2.06 bits per heavy atom. The second-order valence-electron chi connectivity index (χ2n) is 4.73. The van der Waals surface area contributed by atoms with Crippen molar-refractivity contribution < 1.29 is 4.79 Å². The first kappa shape index (κ1) is 11.0. The number of likely N-dealkylation sites (N-methyl/N-ethyl adjacent to an activating group) is 1. The molecule has 0 spiro atoms. The number of hydrogen-bond donors (Lipinski definition) is 1. The summed E-state index contributed by atoms with van der Waals surface area (Å²) in [5.74, 6) is 0.0625. The third kappa shape index (κ3) is 1.39. The van der Waals surface area contributed by atoms with Crippen molar-refractivity contribution in [3.8, 4) is 0 Å². The molecule has 0 saturated carbocycles. The first-order valence-electron chi connectivity index (χ1n) is 5.67. The van der Waals surface area contributed by atoms with Crippen LogP contribution >= 0.6 is 0 Å². The van der Waals surface area contributed by atoms with E-state index in [-0.39, 0.29) is 5.91 Å². The van der Waals surface area contributed by atoms with Gasteiger partial charge < -0.3 is 10.2 Å². The molecule has 0 unspecified atom stereocenters. The van der Waals surface area contributed by atoms with Crippen LogP contribution in [0.25, 0.3) is 0 Å². The molecular weight excluding hydrogens is 200 g/mol. The van der Waals surface area contributed by atoms with E-state index < -0.39 is 5.54 Å². The van der Waals surface area contributed by atoms with E-state index in [0.717, 1.165) is 17.9 Å². The summed E-state index contributed by atoms with van der Waals surface area (Å²) >= 11 is 0. The standard InChI is InChI=1S/C13H18N2O/c1-5-15-11-9(2)7-6-8-10(11)14-12(16)13(15,3)4/h6-8H,5H2,1-4H3,(H,14,16). The van der Waals surface area contributed by atoms with Crippen molar-refractivity contribution in [2.45, 2.75) is 33.2 Å². The lowest BCUT2D eigenvalue weighted by atomic mass is 9.95. The second-order valence-corrected chi connectivity index (χ2v) is 4.73. The van der Waals surface area contributed by atoms with E-state index in [4.69, 9.17) is 0 Å². The molecule has 0 bridgehead atoms. The van der Waals surface area contributed by atoms with Crippen molar-refractivity contribution >= 4 is 17.3 Å². The van der Waals surface area contributed by atoms with Gasteiger partial charge in [0.05, 0.1) is 11.4 Å². The van der Waals surface area contributed by atoms with Gasteiger partial charge in [-0.25, -0.2) is 0 Å². The van der Waals surface area contributed by atoms with Crippen molar-refractivity contribution in [2.24, 2.45) is 0 Å². The molecule has 0 saturated heterocycles. The Labute approximate surface area is 96.5 Å². The molecule has 1 aliphatic rings. The smallest absolute Gasteiger partial charge is 0.249 e. The van der Waals surface area contributed by atoms with Crippen LogP contribution in [0.5, 0.6) is 0 Å². The number of anilines is 2. The van der Waals surface area contributed by atoms with Gasteiger partial charge in [0.2, 0.25) is 5.91 Å². The van der Waals surface area contributed by atoms with Gasteiger partial charge in [0.1, 0.15) is 5.54 Å². The van der Waals surface area contributed by atoms with E-state index in [1.165, 1.54) is 5.56 Å². The molecule has 1 heterocycles. The summed E-state index contributed by atoms with van der Waals surface area (Å²) in [7, 11) is 0. The van der Waals surface area contributed by atoms with E-state index in [2.05, 4.69) is 30.1 Å². The number of para-hydroxylation sites is 1. The van der Waals surface area contributed by atoms with E-state index in [9.17, 15) is 4.79 Å². The number of carbonyl (C=O) groups excluding carboxylic acids is 1. The number of fused-ring (bicyclic) bond motifs is 1. The van der Waals surface area contributed by atoms with Gasteiger partial charge in [-0.1, -0.05) is 12.1 Å². The lowest BCUT2D eigenvalue weighted by molar-refractivity contribution is -0.120. The highest BCUT2D eigenvalue weighted by Crippen LogP contribution is 2.38. The van der Waals surface area contributed by atoms with Crippen LogP contribution in [0.3, 0.4) is 0 Å². The van der Waals surface area contributed by atoms with E-state index in [0.29, 0.717) is 0 Å². The average Bonchev–Trinajstić information content (AvgIpc) is 2.21. The average molecular weight is 218 g/mol. The highest BCUT2D eigenvalue weighted by atomic mass is 16.2. The van der Waals surface area contributed by atoms with Crippen molar-refractivity contribution in [3.05, 3.63) is 23.8 Å². The molecule has 3 heteroatoms. The number of rotatable bonds is 1. The van der Waals surface area contributed by atoms with E-state index >= 15 is 0 Å². The molecule has 1 aromatic rings. The molecule has 0 aliphatic carbocycles. The number of nitrogens with one attached hydrogen (secondary N) is 1. The number of hydrogen-bond acceptors (Lipinski definition) is 2.